The van der Waals surface area contributed by atoms with Crippen molar-refractivity contribution in [2.75, 3.05) is 38.8 Å². The first-order valence-electron chi connectivity index (χ1n) is 12.8. The Hall–Kier alpha value is -4.58. The van der Waals surface area contributed by atoms with E-state index in [1.807, 2.05) is 24.3 Å². The van der Waals surface area contributed by atoms with E-state index in [9.17, 15) is 14.9 Å². The first kappa shape index (κ1) is 31.0. The molecule has 0 unspecified atom stereocenters. The Labute approximate surface area is 242 Å². The van der Waals surface area contributed by atoms with Crippen LogP contribution in [0.4, 0.5) is 34.1 Å². The first-order chi connectivity index (χ1) is 19.8. The van der Waals surface area contributed by atoms with Gasteiger partial charge in [0.2, 0.25) is 0 Å². The third kappa shape index (κ3) is 8.70. The summed E-state index contributed by atoms with van der Waals surface area (Å²) >= 11 is 6.12. The highest BCUT2D eigenvalue weighted by molar-refractivity contribution is 6.33. The van der Waals surface area contributed by atoms with Crippen LogP contribution in [0.2, 0.25) is 5.02 Å². The number of rotatable bonds is 14. The minimum atomic E-state index is -0.543. The molecular formula is C28H31ClN6O6. The van der Waals surface area contributed by atoms with Gasteiger partial charge in [-0.05, 0) is 50.6 Å². The van der Waals surface area contributed by atoms with Crippen molar-refractivity contribution in [1.82, 2.24) is 0 Å². The summed E-state index contributed by atoms with van der Waals surface area (Å²) in [5, 5.41) is 28.0. The van der Waals surface area contributed by atoms with Gasteiger partial charge in [-0.1, -0.05) is 11.6 Å². The van der Waals surface area contributed by atoms with Gasteiger partial charge in [-0.3, -0.25) is 14.9 Å². The molecule has 0 aliphatic rings. The number of hydrogen-bond acceptors (Lipinski definition) is 11. The zero-order valence-electron chi connectivity index (χ0n) is 23.2. The van der Waals surface area contributed by atoms with Crippen molar-refractivity contribution >= 4 is 51.7 Å². The zero-order chi connectivity index (χ0) is 29.8. The molecule has 0 fully saturated rings. The van der Waals surface area contributed by atoms with Crippen LogP contribution in [0.5, 0.6) is 11.5 Å². The average Bonchev–Trinajstić information content (AvgIpc) is 2.98. The van der Waals surface area contributed by atoms with Gasteiger partial charge >= 0.3 is 5.97 Å². The highest BCUT2D eigenvalue weighted by Crippen LogP contribution is 2.41. The second-order valence-electron chi connectivity index (χ2n) is 8.49. The van der Waals surface area contributed by atoms with Crippen molar-refractivity contribution in [1.29, 1.82) is 0 Å². The Kier molecular flexibility index (Phi) is 11.5. The predicted molar refractivity (Wildman–Crippen MR) is 156 cm³/mol. The fraction of sp³-hybridized carbons (Fsp3) is 0.321. The second kappa shape index (κ2) is 15.3. The van der Waals surface area contributed by atoms with Crippen molar-refractivity contribution in [2.24, 2.45) is 20.5 Å². The zero-order valence-corrected chi connectivity index (χ0v) is 24.0. The van der Waals surface area contributed by atoms with Gasteiger partial charge in [0.25, 0.3) is 5.69 Å². The molecule has 3 rings (SSSR count). The number of esters is 1. The number of nitro benzene ring substituents is 1. The highest BCUT2D eigenvalue weighted by Gasteiger charge is 2.13. The number of nitrogens with zero attached hydrogens (tertiary/aromatic N) is 6. The van der Waals surface area contributed by atoms with E-state index >= 15 is 0 Å². The first-order valence-corrected chi connectivity index (χ1v) is 13.2. The number of methoxy groups -OCH3 is 2. The monoisotopic (exact) mass is 582 g/mol. The summed E-state index contributed by atoms with van der Waals surface area (Å²) in [4.78, 5) is 24.2. The van der Waals surface area contributed by atoms with Crippen LogP contribution in [-0.4, -0.2) is 44.8 Å². The lowest BCUT2D eigenvalue weighted by molar-refractivity contribution is -0.384. The molecule has 0 aromatic heterocycles. The summed E-state index contributed by atoms with van der Waals surface area (Å²) in [7, 11) is 2.97. The lowest BCUT2D eigenvalue weighted by Gasteiger charge is -2.23. The molecule has 13 heteroatoms. The second-order valence-corrected chi connectivity index (χ2v) is 8.90. The molecule has 0 aliphatic heterocycles. The highest BCUT2D eigenvalue weighted by atomic mass is 35.5. The smallest absolute Gasteiger partial charge is 0.305 e. The minimum absolute atomic E-state index is 0.0871. The standard InChI is InChI=1S/C28H31ClN6O6/c1-5-34(15-7-8-28(36)41-6-2)20-11-9-19(10-12-20)30-32-24-17-27(40-4)25(18-26(24)39-3)33-31-23-14-13-21(35(37)38)16-22(23)29/h9-14,16-18H,5-8,15H2,1-4H3. The third-order valence-electron chi connectivity index (χ3n) is 5.87. The summed E-state index contributed by atoms with van der Waals surface area (Å²) in [6, 6.07) is 14.7. The predicted octanol–water partition coefficient (Wildman–Crippen LogP) is 8.27. The minimum Gasteiger partial charge on any atom is -0.494 e. The number of ether oxygens (including phenoxy) is 3. The molecule has 41 heavy (non-hydrogen) atoms. The number of carbonyl (C=O) groups excluding carboxylic acids is 1. The van der Waals surface area contributed by atoms with E-state index in [1.54, 1.807) is 19.1 Å². The molecule has 0 amide bonds. The number of carbonyl (C=O) groups is 1. The summed E-state index contributed by atoms with van der Waals surface area (Å²) < 4.78 is 15.9. The van der Waals surface area contributed by atoms with E-state index in [2.05, 4.69) is 32.3 Å². The summed E-state index contributed by atoms with van der Waals surface area (Å²) in [5.41, 5.74) is 2.50. The van der Waals surface area contributed by atoms with Gasteiger partial charge in [-0.25, -0.2) is 0 Å². The molecule has 216 valence electrons. The Morgan fingerprint density at radius 3 is 2.05 bits per heavy atom. The van der Waals surface area contributed by atoms with Gasteiger partial charge < -0.3 is 19.1 Å². The maximum atomic E-state index is 11.6. The van der Waals surface area contributed by atoms with Crippen LogP contribution >= 0.6 is 11.6 Å². The van der Waals surface area contributed by atoms with Crippen molar-refractivity contribution in [3.8, 4) is 11.5 Å². The van der Waals surface area contributed by atoms with Gasteiger partial charge in [-0.2, -0.15) is 5.11 Å². The number of anilines is 1. The molecule has 0 atom stereocenters. The van der Waals surface area contributed by atoms with Crippen molar-refractivity contribution < 1.29 is 23.9 Å². The fourth-order valence-corrected chi connectivity index (χ4v) is 3.99. The quantitative estimate of drug-likeness (QED) is 0.0805. The number of non-ortho nitro benzene ring substituents is 1. The lowest BCUT2D eigenvalue weighted by Crippen LogP contribution is -2.24. The molecule has 0 heterocycles. The fourth-order valence-electron chi connectivity index (χ4n) is 3.78. The molecule has 3 aromatic carbocycles. The van der Waals surface area contributed by atoms with Crippen LogP contribution in [0.25, 0.3) is 0 Å². The number of halogens is 1. The Morgan fingerprint density at radius 1 is 0.902 bits per heavy atom. The number of benzene rings is 3. The molecule has 0 radical (unpaired) electrons. The van der Waals surface area contributed by atoms with Crippen molar-refractivity contribution in [3.63, 3.8) is 0 Å². The average molecular weight is 583 g/mol. The van der Waals surface area contributed by atoms with Crippen LogP contribution in [0.3, 0.4) is 0 Å². The molecule has 12 nitrogen and oxygen atoms in total. The summed E-state index contributed by atoms with van der Waals surface area (Å²) in [5.74, 6) is 0.559. The van der Waals surface area contributed by atoms with Gasteiger partial charge in [0, 0.05) is 49.5 Å². The van der Waals surface area contributed by atoms with E-state index in [1.165, 1.54) is 32.4 Å². The largest absolute Gasteiger partial charge is 0.494 e. The molecule has 0 aliphatic carbocycles. The van der Waals surface area contributed by atoms with Crippen molar-refractivity contribution in [2.45, 2.75) is 26.7 Å². The molecule has 0 spiro atoms. The topological polar surface area (TPSA) is 141 Å². The van der Waals surface area contributed by atoms with E-state index in [0.29, 0.717) is 48.0 Å². The Bertz CT molecular complexity index is 1410. The maximum Gasteiger partial charge on any atom is 0.305 e. The summed E-state index contributed by atoms with van der Waals surface area (Å²) in [6.45, 7) is 5.77. The Balaban J connectivity index is 1.74. The van der Waals surface area contributed by atoms with Crippen LogP contribution < -0.4 is 14.4 Å². The molecule has 0 bridgehead atoms. The lowest BCUT2D eigenvalue weighted by atomic mass is 10.2. The molecule has 0 N–H and O–H groups in total. The van der Waals surface area contributed by atoms with E-state index in [4.69, 9.17) is 25.8 Å². The number of nitro groups is 1. The molecule has 0 saturated heterocycles. The van der Waals surface area contributed by atoms with E-state index < -0.39 is 4.92 Å². The number of hydrogen-bond donors (Lipinski definition) is 0. The van der Waals surface area contributed by atoms with Crippen LogP contribution in [-0.2, 0) is 9.53 Å². The maximum absolute atomic E-state index is 11.6. The molecular weight excluding hydrogens is 552 g/mol. The molecule has 3 aromatic rings. The van der Waals surface area contributed by atoms with Crippen molar-refractivity contribution in [3.05, 3.63) is 69.7 Å². The van der Waals surface area contributed by atoms with E-state index in [-0.39, 0.29) is 22.4 Å². The van der Waals surface area contributed by atoms with Gasteiger partial charge in [0.15, 0.2) is 0 Å². The van der Waals surface area contributed by atoms with E-state index in [0.717, 1.165) is 18.8 Å². The van der Waals surface area contributed by atoms with Gasteiger partial charge in [-0.15, -0.1) is 15.3 Å². The molecule has 0 saturated carbocycles. The van der Waals surface area contributed by atoms with Crippen LogP contribution in [0, 0.1) is 10.1 Å². The Morgan fingerprint density at radius 2 is 1.51 bits per heavy atom. The SMILES string of the molecule is CCOC(=O)CCCN(CC)c1ccc(N=Nc2cc(OC)c(N=Nc3ccc([N+](=O)[O-])cc3Cl)cc2OC)cc1. The normalized spacial score (nSPS) is 11.1. The van der Waals surface area contributed by atoms with Gasteiger partial charge in [0.05, 0.1) is 36.5 Å². The van der Waals surface area contributed by atoms with Crippen LogP contribution in [0.1, 0.15) is 26.7 Å². The van der Waals surface area contributed by atoms with Crippen LogP contribution in [0.15, 0.2) is 75.1 Å². The van der Waals surface area contributed by atoms with Gasteiger partial charge in [0.1, 0.15) is 28.6 Å². The summed E-state index contributed by atoms with van der Waals surface area (Å²) in [6.07, 6.45) is 1.08. The number of azo groups is 2. The third-order valence-corrected chi connectivity index (χ3v) is 6.17.